The van der Waals surface area contributed by atoms with E-state index in [4.69, 9.17) is 25.8 Å². The van der Waals surface area contributed by atoms with Crippen molar-refractivity contribution in [1.29, 1.82) is 0 Å². The zero-order valence-electron chi connectivity index (χ0n) is 41.5. The molecule has 0 N–H and O–H groups in total. The molecule has 66 heavy (non-hydrogen) atoms. The molecule has 8 rings (SSSR count). The Bertz CT molecular complexity index is 3130. The predicted molar refractivity (Wildman–Crippen MR) is 280 cm³/mol. The van der Waals surface area contributed by atoms with Gasteiger partial charge in [0.05, 0.1) is 0 Å². The molecule has 0 radical (unpaired) electrons. The Morgan fingerprint density at radius 1 is 0.455 bits per heavy atom. The second-order valence-electron chi connectivity index (χ2n) is 18.7. The predicted octanol–water partition coefficient (Wildman–Crippen LogP) is 19.6. The Hall–Kier alpha value is -5.28. The first-order chi connectivity index (χ1) is 31.8. The van der Waals surface area contributed by atoms with Crippen LogP contribution in [0, 0.1) is 62.3 Å². The van der Waals surface area contributed by atoms with Gasteiger partial charge in [-0.1, -0.05) is 108 Å². The summed E-state index contributed by atoms with van der Waals surface area (Å²) in [6.07, 6.45) is 8.22. The number of hydrogen-bond donors (Lipinski definition) is 0. The van der Waals surface area contributed by atoms with Crippen molar-refractivity contribution in [2.75, 3.05) is 0 Å². The average Bonchev–Trinajstić information content (AvgIpc) is 3.58. The molecule has 0 amide bonds. The highest BCUT2D eigenvalue weighted by Gasteiger charge is 2.24. The number of para-hydroxylation sites is 2. The Labute approximate surface area is 394 Å². The molecule has 0 aliphatic carbocycles. The smallest absolute Gasteiger partial charge is 0.390 e. The van der Waals surface area contributed by atoms with Crippen LogP contribution in [0.4, 0.5) is 0 Å². The van der Waals surface area contributed by atoms with Crippen LogP contribution in [-0.4, -0.2) is 0 Å². The average molecular weight is 923 g/mol. The van der Waals surface area contributed by atoms with Gasteiger partial charge in [-0.3, -0.25) is 0 Å². The summed E-state index contributed by atoms with van der Waals surface area (Å²) < 4.78 is 42.5. The number of hydrogen-bond acceptors (Lipinski definition) is 6. The van der Waals surface area contributed by atoms with Crippen molar-refractivity contribution in [2.24, 2.45) is 0 Å². The molecule has 0 bridgehead atoms. The van der Waals surface area contributed by atoms with Crippen LogP contribution in [0.2, 0.25) is 0 Å². The fourth-order valence-electron chi connectivity index (χ4n) is 9.71. The minimum absolute atomic E-state index is 0.282. The highest BCUT2D eigenvalue weighted by molar-refractivity contribution is 7.32. The maximum atomic E-state index is 7.13. The van der Waals surface area contributed by atoms with Crippen LogP contribution >= 0.6 is 16.5 Å². The number of rotatable bonds is 14. The van der Waals surface area contributed by atoms with Crippen molar-refractivity contribution in [3.8, 4) is 22.6 Å². The lowest BCUT2D eigenvalue weighted by atomic mass is 9.88. The number of benzene rings is 6. The van der Waals surface area contributed by atoms with Crippen LogP contribution in [0.25, 0.3) is 55.0 Å². The second-order valence-corrected chi connectivity index (χ2v) is 20.7. The molecule has 2 atom stereocenters. The lowest BCUT2D eigenvalue weighted by molar-refractivity contribution is 0.492. The zero-order chi connectivity index (χ0) is 47.0. The van der Waals surface area contributed by atoms with E-state index in [1.807, 2.05) is 36.4 Å². The van der Waals surface area contributed by atoms with Crippen LogP contribution < -0.4 is 9.05 Å². The van der Waals surface area contributed by atoms with Crippen molar-refractivity contribution in [3.63, 3.8) is 0 Å². The maximum absolute atomic E-state index is 7.13. The largest absolute Gasteiger partial charge is 0.453 e. The van der Waals surface area contributed by atoms with E-state index in [0.29, 0.717) is 11.5 Å². The van der Waals surface area contributed by atoms with Crippen molar-refractivity contribution in [2.45, 2.75) is 147 Å². The number of aryl methyl sites for hydroxylation is 11. The van der Waals surface area contributed by atoms with E-state index < -0.39 is 16.5 Å². The normalized spacial score (nSPS) is 12.4. The quantitative estimate of drug-likeness (QED) is 0.108. The molecule has 6 aromatic carbocycles. The van der Waals surface area contributed by atoms with Crippen LogP contribution in [0.15, 0.2) is 89.6 Å². The Morgan fingerprint density at radius 2 is 0.848 bits per heavy atom. The molecule has 8 heteroatoms. The van der Waals surface area contributed by atoms with Gasteiger partial charge >= 0.3 is 16.5 Å². The topological polar surface area (TPSA) is 71.0 Å². The van der Waals surface area contributed by atoms with Crippen LogP contribution in [-0.2, 0) is 12.8 Å². The standard InChI is InChI=1S/C58H68O6P2/c1-14-17-24-44-31-36(6)41(11)52-53-42(12)37(7)32-45(25-18-15-2)57(53)63-66(62-56(44)52)60-50-29-22-20-27-47(50)46-26-19-21-28-49(46)59-65-61-55-39(9)30-35(5)40(10)51(55)54-43(13)38(8)33-48(58(54)64-65)34(4)23-16-3/h19-22,26-34H,14-18,23-25H2,1-13H3. The van der Waals surface area contributed by atoms with E-state index in [9.17, 15) is 0 Å². The highest BCUT2D eigenvalue weighted by atomic mass is 31.1. The molecule has 0 fully saturated rings. The van der Waals surface area contributed by atoms with Gasteiger partial charge in [0.1, 0.15) is 33.8 Å². The monoisotopic (exact) mass is 922 g/mol. The summed E-state index contributed by atoms with van der Waals surface area (Å²) in [4.78, 5) is 0. The summed E-state index contributed by atoms with van der Waals surface area (Å²) in [6.45, 7) is 28.8. The molecule has 0 aliphatic heterocycles. The molecule has 0 aliphatic rings. The first-order valence-electron chi connectivity index (χ1n) is 24.1. The van der Waals surface area contributed by atoms with Crippen LogP contribution in [0.3, 0.4) is 0 Å². The van der Waals surface area contributed by atoms with Gasteiger partial charge in [0.2, 0.25) is 0 Å². The van der Waals surface area contributed by atoms with E-state index in [1.54, 1.807) is 0 Å². The first kappa shape index (κ1) is 47.2. The third-order valence-electron chi connectivity index (χ3n) is 14.0. The number of unbranched alkanes of at least 4 members (excludes halogenated alkanes) is 2. The van der Waals surface area contributed by atoms with E-state index in [2.05, 4.69) is 126 Å². The highest BCUT2D eigenvalue weighted by Crippen LogP contribution is 2.49. The molecule has 0 saturated heterocycles. The van der Waals surface area contributed by atoms with E-state index in [-0.39, 0.29) is 5.92 Å². The van der Waals surface area contributed by atoms with Crippen molar-refractivity contribution < 1.29 is 25.8 Å². The van der Waals surface area contributed by atoms with Crippen LogP contribution in [0.5, 0.6) is 11.5 Å². The fourth-order valence-corrected chi connectivity index (χ4v) is 12.0. The SMILES string of the molecule is CCCCc1cc(C)c(C)c2c1op(Oc1ccccc1-c1ccccc1Op1oc3c(C)cc(C)c(C)c3c3c(C)c(C)cc(C(C)CCC)c3o1)oc1c(CCCC)cc(C)c(C)c12. The lowest BCUT2D eigenvalue weighted by Gasteiger charge is -2.16. The van der Waals surface area contributed by atoms with Gasteiger partial charge in [-0.05, 0) is 179 Å². The van der Waals surface area contributed by atoms with Gasteiger partial charge in [0.15, 0.2) is 0 Å². The zero-order valence-corrected chi connectivity index (χ0v) is 43.3. The van der Waals surface area contributed by atoms with Gasteiger partial charge in [-0.15, -0.1) is 0 Å². The fraction of sp³-hybridized carbons (Fsp3) is 0.379. The minimum atomic E-state index is -1.97. The molecular weight excluding hydrogens is 855 g/mol. The molecule has 2 unspecified atom stereocenters. The third kappa shape index (κ3) is 8.97. The molecule has 2 heterocycles. The van der Waals surface area contributed by atoms with Crippen LogP contribution in [0.1, 0.15) is 139 Å². The summed E-state index contributed by atoms with van der Waals surface area (Å²) >= 11 is 0. The van der Waals surface area contributed by atoms with Crippen molar-refractivity contribution >= 4 is 60.4 Å². The minimum Gasteiger partial charge on any atom is -0.390 e. The molecule has 346 valence electrons. The van der Waals surface area contributed by atoms with E-state index in [0.717, 1.165) is 112 Å². The molecule has 6 nitrogen and oxygen atoms in total. The maximum Gasteiger partial charge on any atom is 0.453 e. The Balaban J connectivity index is 1.34. The van der Waals surface area contributed by atoms with Gasteiger partial charge in [-0.25, -0.2) is 0 Å². The second kappa shape index (κ2) is 19.9. The molecule has 2 aromatic heterocycles. The van der Waals surface area contributed by atoms with Crippen molar-refractivity contribution in [1.82, 2.24) is 0 Å². The Kier molecular flexibility index (Phi) is 14.2. The summed E-state index contributed by atoms with van der Waals surface area (Å²) in [6, 6.07) is 25.4. The molecule has 0 spiro atoms. The van der Waals surface area contributed by atoms with Gasteiger partial charge in [-0.2, -0.15) is 0 Å². The first-order valence-corrected chi connectivity index (χ1v) is 26.3. The van der Waals surface area contributed by atoms with Gasteiger partial charge in [0.25, 0.3) is 0 Å². The summed E-state index contributed by atoms with van der Waals surface area (Å²) in [5.74, 6) is 1.55. The van der Waals surface area contributed by atoms with Gasteiger partial charge < -0.3 is 25.8 Å². The molecular formula is C58H68O6P2. The summed E-state index contributed by atoms with van der Waals surface area (Å²) in [5.41, 5.74) is 19.5. The van der Waals surface area contributed by atoms with E-state index >= 15 is 0 Å². The Morgan fingerprint density at radius 3 is 1.32 bits per heavy atom. The van der Waals surface area contributed by atoms with Crippen molar-refractivity contribution in [3.05, 3.63) is 140 Å². The van der Waals surface area contributed by atoms with E-state index in [1.165, 1.54) is 61.2 Å². The lowest BCUT2D eigenvalue weighted by Crippen LogP contribution is -1.98. The third-order valence-corrected chi connectivity index (χ3v) is 16.0. The summed E-state index contributed by atoms with van der Waals surface area (Å²) in [5, 5.41) is 4.45. The summed E-state index contributed by atoms with van der Waals surface area (Å²) in [7, 11) is -3.93. The van der Waals surface area contributed by atoms with Gasteiger partial charge in [0, 0.05) is 32.7 Å². The molecule has 8 aromatic rings. The number of fused-ring (bicyclic) bond motifs is 6. The molecule has 0 saturated carbocycles.